The second kappa shape index (κ2) is 9.19. The summed E-state index contributed by atoms with van der Waals surface area (Å²) in [7, 11) is 0. The lowest BCUT2D eigenvalue weighted by Crippen LogP contribution is -2.10. The third-order valence-electron chi connectivity index (χ3n) is 2.56. The number of ether oxygens (including phenoxy) is 2. The van der Waals surface area contributed by atoms with Crippen molar-refractivity contribution in [2.24, 2.45) is 0 Å². The van der Waals surface area contributed by atoms with E-state index in [0.29, 0.717) is 17.2 Å². The summed E-state index contributed by atoms with van der Waals surface area (Å²) in [4.78, 5) is 23.0. The van der Waals surface area contributed by atoms with Crippen LogP contribution in [0.15, 0.2) is 35.9 Å². The van der Waals surface area contributed by atoms with Gasteiger partial charge in [-0.15, -0.1) is 0 Å². The van der Waals surface area contributed by atoms with Gasteiger partial charge in [0.25, 0.3) is 0 Å². The molecule has 0 atom stereocenters. The van der Waals surface area contributed by atoms with E-state index in [1.54, 1.807) is 24.3 Å². The monoisotopic (exact) mass is 310 g/mol. The van der Waals surface area contributed by atoms with Crippen LogP contribution in [0.4, 0.5) is 0 Å². The molecule has 0 aliphatic carbocycles. The maximum atomic E-state index is 11.6. The van der Waals surface area contributed by atoms with Crippen molar-refractivity contribution in [2.45, 2.75) is 33.1 Å². The van der Waals surface area contributed by atoms with Gasteiger partial charge in [0.05, 0.1) is 5.02 Å². The molecular weight excluding hydrogens is 292 g/mol. The molecule has 0 saturated carbocycles. The zero-order valence-corrected chi connectivity index (χ0v) is 13.0. The first kappa shape index (κ1) is 17.2. The minimum atomic E-state index is -0.416. The summed E-state index contributed by atoms with van der Waals surface area (Å²) in [6.07, 6.45) is 2.54. The van der Waals surface area contributed by atoms with Gasteiger partial charge in [0, 0.05) is 12.8 Å². The molecule has 1 rings (SSSR count). The lowest BCUT2D eigenvalue weighted by atomic mass is 10.2. The number of carbonyl (C=O) groups excluding carboxylic acids is 2. The number of benzene rings is 1. The van der Waals surface area contributed by atoms with Crippen molar-refractivity contribution >= 4 is 23.5 Å². The van der Waals surface area contributed by atoms with Crippen LogP contribution in [0.2, 0.25) is 5.02 Å². The molecule has 0 radical (unpaired) electrons. The first-order valence-electron chi connectivity index (χ1n) is 6.73. The van der Waals surface area contributed by atoms with Crippen molar-refractivity contribution in [2.75, 3.05) is 6.61 Å². The van der Waals surface area contributed by atoms with Crippen molar-refractivity contribution in [3.63, 3.8) is 0 Å². The SMILES string of the molecule is CC(C)=CCOC(=O)CCCC(=O)Oc1ccccc1Cl. The molecule has 0 bridgehead atoms. The van der Waals surface area contributed by atoms with Crippen LogP contribution in [0, 0.1) is 0 Å². The van der Waals surface area contributed by atoms with E-state index < -0.39 is 5.97 Å². The van der Waals surface area contributed by atoms with E-state index in [1.165, 1.54) is 0 Å². The molecule has 0 fully saturated rings. The Morgan fingerprint density at radius 3 is 2.48 bits per heavy atom. The summed E-state index contributed by atoms with van der Waals surface area (Å²) in [5.74, 6) is -0.409. The van der Waals surface area contributed by atoms with Crippen LogP contribution in [-0.2, 0) is 14.3 Å². The smallest absolute Gasteiger partial charge is 0.311 e. The summed E-state index contributed by atoms with van der Waals surface area (Å²) in [6.45, 7) is 4.13. The fourth-order valence-corrected chi connectivity index (χ4v) is 1.63. The van der Waals surface area contributed by atoms with Crippen molar-refractivity contribution in [1.82, 2.24) is 0 Å². The minimum absolute atomic E-state index is 0.142. The topological polar surface area (TPSA) is 52.6 Å². The highest BCUT2D eigenvalue weighted by Gasteiger charge is 2.09. The van der Waals surface area contributed by atoms with E-state index in [0.717, 1.165) is 5.57 Å². The molecule has 21 heavy (non-hydrogen) atoms. The van der Waals surface area contributed by atoms with E-state index in [-0.39, 0.29) is 25.4 Å². The average Bonchev–Trinajstić information content (AvgIpc) is 2.41. The highest BCUT2D eigenvalue weighted by atomic mass is 35.5. The Hall–Kier alpha value is -1.81. The van der Waals surface area contributed by atoms with Crippen molar-refractivity contribution < 1.29 is 19.1 Å². The number of hydrogen-bond acceptors (Lipinski definition) is 4. The molecule has 5 heteroatoms. The zero-order valence-electron chi connectivity index (χ0n) is 12.2. The van der Waals surface area contributed by atoms with E-state index >= 15 is 0 Å². The van der Waals surface area contributed by atoms with Crippen LogP contribution in [0.25, 0.3) is 0 Å². The fraction of sp³-hybridized carbons (Fsp3) is 0.375. The predicted octanol–water partition coefficient (Wildman–Crippen LogP) is 3.93. The Balaban J connectivity index is 2.23. The van der Waals surface area contributed by atoms with Crippen LogP contribution in [0.3, 0.4) is 0 Å². The van der Waals surface area contributed by atoms with Gasteiger partial charge in [0.2, 0.25) is 0 Å². The molecule has 0 amide bonds. The highest BCUT2D eigenvalue weighted by molar-refractivity contribution is 6.32. The Morgan fingerprint density at radius 2 is 1.81 bits per heavy atom. The molecule has 0 aromatic heterocycles. The number of carbonyl (C=O) groups is 2. The quantitative estimate of drug-likeness (QED) is 0.435. The molecule has 0 unspecified atom stereocenters. The van der Waals surface area contributed by atoms with Gasteiger partial charge in [-0.05, 0) is 38.5 Å². The van der Waals surface area contributed by atoms with E-state index in [9.17, 15) is 9.59 Å². The van der Waals surface area contributed by atoms with Gasteiger partial charge in [-0.2, -0.15) is 0 Å². The fourth-order valence-electron chi connectivity index (χ4n) is 1.45. The van der Waals surface area contributed by atoms with Gasteiger partial charge in [-0.25, -0.2) is 0 Å². The Kier molecular flexibility index (Phi) is 7.54. The molecule has 0 spiro atoms. The molecule has 0 aliphatic heterocycles. The number of halogens is 1. The molecule has 4 nitrogen and oxygen atoms in total. The van der Waals surface area contributed by atoms with E-state index in [2.05, 4.69) is 0 Å². The summed E-state index contributed by atoms with van der Waals surface area (Å²) in [5, 5.41) is 0.381. The zero-order chi connectivity index (χ0) is 15.7. The molecule has 114 valence electrons. The van der Waals surface area contributed by atoms with Gasteiger partial charge in [-0.1, -0.05) is 29.3 Å². The first-order chi connectivity index (χ1) is 9.99. The normalized spacial score (nSPS) is 9.86. The summed E-state index contributed by atoms with van der Waals surface area (Å²) < 4.78 is 10.1. The molecule has 0 N–H and O–H groups in total. The maximum absolute atomic E-state index is 11.6. The summed E-state index contributed by atoms with van der Waals surface area (Å²) in [6, 6.07) is 6.75. The average molecular weight is 311 g/mol. The molecular formula is C16H19ClO4. The molecule has 1 aromatic carbocycles. The predicted molar refractivity (Wildman–Crippen MR) is 81.3 cm³/mol. The standard InChI is InChI=1S/C16H19ClO4/c1-12(2)10-11-20-15(18)8-5-9-16(19)21-14-7-4-3-6-13(14)17/h3-4,6-7,10H,5,8-9,11H2,1-2H3. The lowest BCUT2D eigenvalue weighted by molar-refractivity contribution is -0.142. The highest BCUT2D eigenvalue weighted by Crippen LogP contribution is 2.23. The van der Waals surface area contributed by atoms with Crippen LogP contribution < -0.4 is 4.74 Å². The maximum Gasteiger partial charge on any atom is 0.311 e. The Labute approximate surface area is 129 Å². The summed E-state index contributed by atoms with van der Waals surface area (Å²) in [5.41, 5.74) is 1.09. The van der Waals surface area contributed by atoms with Gasteiger partial charge < -0.3 is 9.47 Å². The van der Waals surface area contributed by atoms with Crippen molar-refractivity contribution in [3.8, 4) is 5.75 Å². The molecule has 0 heterocycles. The van der Waals surface area contributed by atoms with Gasteiger partial charge in [0.15, 0.2) is 0 Å². The Bertz CT molecular complexity index is 519. The number of rotatable bonds is 7. The molecule has 0 aliphatic rings. The van der Waals surface area contributed by atoms with E-state index in [1.807, 2.05) is 19.9 Å². The first-order valence-corrected chi connectivity index (χ1v) is 7.11. The number of esters is 2. The second-order valence-electron chi connectivity index (χ2n) is 4.72. The van der Waals surface area contributed by atoms with E-state index in [4.69, 9.17) is 21.1 Å². The molecule has 1 aromatic rings. The third-order valence-corrected chi connectivity index (χ3v) is 2.87. The number of allylic oxidation sites excluding steroid dienone is 1. The van der Waals surface area contributed by atoms with Crippen LogP contribution >= 0.6 is 11.6 Å². The number of hydrogen-bond donors (Lipinski definition) is 0. The van der Waals surface area contributed by atoms with Crippen molar-refractivity contribution in [3.05, 3.63) is 40.9 Å². The van der Waals surface area contributed by atoms with Gasteiger partial charge in [-0.3, -0.25) is 9.59 Å². The van der Waals surface area contributed by atoms with Gasteiger partial charge in [0.1, 0.15) is 12.4 Å². The number of para-hydroxylation sites is 1. The Morgan fingerprint density at radius 1 is 1.14 bits per heavy atom. The van der Waals surface area contributed by atoms with Crippen LogP contribution in [0.5, 0.6) is 5.75 Å². The lowest BCUT2D eigenvalue weighted by Gasteiger charge is -2.06. The van der Waals surface area contributed by atoms with Crippen molar-refractivity contribution in [1.29, 1.82) is 0 Å². The third kappa shape index (κ3) is 7.51. The molecule has 0 saturated heterocycles. The largest absolute Gasteiger partial charge is 0.461 e. The summed E-state index contributed by atoms with van der Waals surface area (Å²) >= 11 is 5.88. The van der Waals surface area contributed by atoms with Gasteiger partial charge >= 0.3 is 11.9 Å². The second-order valence-corrected chi connectivity index (χ2v) is 5.13. The van der Waals surface area contributed by atoms with Crippen LogP contribution in [-0.4, -0.2) is 18.5 Å². The minimum Gasteiger partial charge on any atom is -0.461 e. The van der Waals surface area contributed by atoms with Crippen LogP contribution in [0.1, 0.15) is 33.1 Å².